The van der Waals surface area contributed by atoms with Gasteiger partial charge in [0.05, 0.1) is 5.69 Å². The standard InChI is InChI=1S/C11H8N4/c1-4-13-11-8(1)5-9(6-14-11)10-2-3-12-7-15-10/h1-7H,(H,13,14). The molecule has 0 bridgehead atoms. The van der Waals surface area contributed by atoms with E-state index >= 15 is 0 Å². The second-order valence-corrected chi connectivity index (χ2v) is 3.23. The first kappa shape index (κ1) is 8.11. The average molecular weight is 196 g/mol. The number of hydrogen-bond donors (Lipinski definition) is 1. The summed E-state index contributed by atoms with van der Waals surface area (Å²) >= 11 is 0. The molecule has 3 heterocycles. The van der Waals surface area contributed by atoms with E-state index in [1.165, 1.54) is 6.33 Å². The highest BCUT2D eigenvalue weighted by molar-refractivity contribution is 5.80. The molecule has 0 atom stereocenters. The minimum atomic E-state index is 0.889. The Morgan fingerprint density at radius 1 is 1.13 bits per heavy atom. The largest absolute Gasteiger partial charge is 0.346 e. The van der Waals surface area contributed by atoms with Crippen LogP contribution < -0.4 is 0 Å². The van der Waals surface area contributed by atoms with Gasteiger partial charge in [0, 0.05) is 29.5 Å². The van der Waals surface area contributed by atoms with Crippen LogP contribution in [0, 0.1) is 0 Å². The first-order chi connectivity index (χ1) is 7.43. The Hall–Kier alpha value is -2.23. The van der Waals surface area contributed by atoms with Crippen LogP contribution in [-0.4, -0.2) is 19.9 Å². The summed E-state index contributed by atoms with van der Waals surface area (Å²) in [6.45, 7) is 0. The summed E-state index contributed by atoms with van der Waals surface area (Å²) < 4.78 is 0. The third-order valence-electron chi connectivity index (χ3n) is 2.28. The smallest absolute Gasteiger partial charge is 0.137 e. The zero-order valence-electron chi connectivity index (χ0n) is 7.88. The fourth-order valence-corrected chi connectivity index (χ4v) is 1.54. The fourth-order valence-electron chi connectivity index (χ4n) is 1.54. The predicted molar refractivity (Wildman–Crippen MR) is 57.1 cm³/mol. The van der Waals surface area contributed by atoms with Crippen LogP contribution in [0.3, 0.4) is 0 Å². The van der Waals surface area contributed by atoms with Gasteiger partial charge >= 0.3 is 0 Å². The molecule has 4 heteroatoms. The second-order valence-electron chi connectivity index (χ2n) is 3.23. The zero-order valence-corrected chi connectivity index (χ0v) is 7.88. The number of hydrogen-bond acceptors (Lipinski definition) is 3. The minimum Gasteiger partial charge on any atom is -0.346 e. The summed E-state index contributed by atoms with van der Waals surface area (Å²) in [5.74, 6) is 0. The molecule has 0 unspecified atom stereocenters. The number of fused-ring (bicyclic) bond motifs is 1. The van der Waals surface area contributed by atoms with Crippen molar-refractivity contribution in [3.05, 3.63) is 43.1 Å². The SMILES string of the molecule is c1cc(-c2cnc3[nH]ccc3c2)ncn1. The number of H-pyrrole nitrogens is 1. The quantitative estimate of drug-likeness (QED) is 0.647. The second kappa shape index (κ2) is 3.16. The Morgan fingerprint density at radius 3 is 3.00 bits per heavy atom. The molecule has 0 saturated carbocycles. The van der Waals surface area contributed by atoms with Gasteiger partial charge < -0.3 is 4.98 Å². The first-order valence-electron chi connectivity index (χ1n) is 4.63. The lowest BCUT2D eigenvalue weighted by molar-refractivity contribution is 1.17. The molecule has 0 saturated heterocycles. The fraction of sp³-hybridized carbons (Fsp3) is 0. The van der Waals surface area contributed by atoms with Gasteiger partial charge in [0.1, 0.15) is 12.0 Å². The average Bonchev–Trinajstić information content (AvgIpc) is 2.77. The van der Waals surface area contributed by atoms with E-state index < -0.39 is 0 Å². The van der Waals surface area contributed by atoms with Gasteiger partial charge in [-0.2, -0.15) is 0 Å². The van der Waals surface area contributed by atoms with Crippen molar-refractivity contribution in [1.29, 1.82) is 0 Å². The molecule has 0 radical (unpaired) electrons. The predicted octanol–water partition coefficient (Wildman–Crippen LogP) is 2.02. The van der Waals surface area contributed by atoms with E-state index in [1.54, 1.807) is 12.4 Å². The van der Waals surface area contributed by atoms with Gasteiger partial charge in [-0.1, -0.05) is 0 Å². The monoisotopic (exact) mass is 196 g/mol. The maximum Gasteiger partial charge on any atom is 0.137 e. The topological polar surface area (TPSA) is 54.5 Å². The van der Waals surface area contributed by atoms with Crippen molar-refractivity contribution >= 4 is 11.0 Å². The first-order valence-corrected chi connectivity index (χ1v) is 4.63. The Balaban J connectivity index is 2.19. The van der Waals surface area contributed by atoms with Gasteiger partial charge in [-0.05, 0) is 18.2 Å². The summed E-state index contributed by atoms with van der Waals surface area (Å²) in [5.41, 5.74) is 2.79. The maximum atomic E-state index is 4.30. The van der Waals surface area contributed by atoms with E-state index in [1.807, 2.05) is 18.3 Å². The Bertz CT molecular complexity index is 586. The van der Waals surface area contributed by atoms with Crippen LogP contribution in [0.25, 0.3) is 22.3 Å². The molecule has 0 aliphatic rings. The van der Waals surface area contributed by atoms with E-state index in [2.05, 4.69) is 26.0 Å². The molecule has 4 nitrogen and oxygen atoms in total. The molecule has 72 valence electrons. The Morgan fingerprint density at radius 2 is 2.13 bits per heavy atom. The van der Waals surface area contributed by atoms with Crippen LogP contribution in [-0.2, 0) is 0 Å². The van der Waals surface area contributed by atoms with Crippen molar-refractivity contribution in [2.24, 2.45) is 0 Å². The van der Waals surface area contributed by atoms with Crippen LogP contribution in [0.15, 0.2) is 43.1 Å². The summed E-state index contributed by atoms with van der Waals surface area (Å²) in [7, 11) is 0. The Labute approximate surface area is 86.0 Å². The molecule has 0 fully saturated rings. The molecule has 1 N–H and O–H groups in total. The van der Waals surface area contributed by atoms with Crippen molar-refractivity contribution in [2.75, 3.05) is 0 Å². The van der Waals surface area contributed by atoms with Crippen LogP contribution in [0.5, 0.6) is 0 Å². The highest BCUT2D eigenvalue weighted by atomic mass is 14.8. The van der Waals surface area contributed by atoms with Crippen molar-refractivity contribution in [1.82, 2.24) is 19.9 Å². The lowest BCUT2D eigenvalue weighted by Gasteiger charge is -1.98. The Kier molecular flexibility index (Phi) is 1.71. The van der Waals surface area contributed by atoms with Crippen molar-refractivity contribution in [2.45, 2.75) is 0 Å². The number of aromatic amines is 1. The van der Waals surface area contributed by atoms with Crippen molar-refractivity contribution in [3.8, 4) is 11.3 Å². The van der Waals surface area contributed by atoms with Crippen LogP contribution in [0.1, 0.15) is 0 Å². The molecule has 0 aliphatic carbocycles. The molecular weight excluding hydrogens is 188 g/mol. The number of nitrogens with one attached hydrogen (secondary N) is 1. The minimum absolute atomic E-state index is 0.889. The number of rotatable bonds is 1. The van der Waals surface area contributed by atoms with Gasteiger partial charge in [-0.3, -0.25) is 0 Å². The van der Waals surface area contributed by atoms with Crippen LogP contribution in [0.2, 0.25) is 0 Å². The summed E-state index contributed by atoms with van der Waals surface area (Å²) in [6.07, 6.45) is 6.95. The molecule has 0 aliphatic heterocycles. The molecule has 15 heavy (non-hydrogen) atoms. The lowest BCUT2D eigenvalue weighted by Crippen LogP contribution is -1.85. The summed E-state index contributed by atoms with van der Waals surface area (Å²) in [5, 5.41) is 1.09. The highest BCUT2D eigenvalue weighted by Gasteiger charge is 2.01. The van der Waals surface area contributed by atoms with Crippen LogP contribution >= 0.6 is 0 Å². The number of pyridine rings is 1. The normalized spacial score (nSPS) is 10.7. The van der Waals surface area contributed by atoms with Gasteiger partial charge in [0.15, 0.2) is 0 Å². The molecule has 0 amide bonds. The molecule has 3 aromatic rings. The number of aromatic nitrogens is 4. The van der Waals surface area contributed by atoms with Gasteiger partial charge in [-0.25, -0.2) is 15.0 Å². The van der Waals surface area contributed by atoms with Gasteiger partial charge in [0.25, 0.3) is 0 Å². The van der Waals surface area contributed by atoms with Crippen molar-refractivity contribution < 1.29 is 0 Å². The molecule has 0 aromatic carbocycles. The van der Waals surface area contributed by atoms with E-state index in [9.17, 15) is 0 Å². The maximum absolute atomic E-state index is 4.30. The molecular formula is C11H8N4. The summed E-state index contributed by atoms with van der Waals surface area (Å²) in [4.78, 5) is 15.4. The van der Waals surface area contributed by atoms with Crippen LogP contribution in [0.4, 0.5) is 0 Å². The zero-order chi connectivity index (χ0) is 10.1. The summed E-state index contributed by atoms with van der Waals surface area (Å²) in [6, 6.07) is 5.92. The van der Waals surface area contributed by atoms with E-state index in [-0.39, 0.29) is 0 Å². The number of nitrogens with zero attached hydrogens (tertiary/aromatic N) is 3. The third-order valence-corrected chi connectivity index (χ3v) is 2.28. The van der Waals surface area contributed by atoms with Gasteiger partial charge in [-0.15, -0.1) is 0 Å². The van der Waals surface area contributed by atoms with E-state index in [0.29, 0.717) is 0 Å². The molecule has 0 spiro atoms. The van der Waals surface area contributed by atoms with E-state index in [0.717, 1.165) is 22.3 Å². The van der Waals surface area contributed by atoms with Crippen molar-refractivity contribution in [3.63, 3.8) is 0 Å². The molecule has 3 rings (SSSR count). The third kappa shape index (κ3) is 1.36. The highest BCUT2D eigenvalue weighted by Crippen LogP contribution is 2.19. The van der Waals surface area contributed by atoms with E-state index in [4.69, 9.17) is 0 Å². The molecule has 3 aromatic heterocycles. The van der Waals surface area contributed by atoms with Gasteiger partial charge in [0.2, 0.25) is 0 Å². The lowest BCUT2D eigenvalue weighted by atomic mass is 10.2.